The van der Waals surface area contributed by atoms with Crippen molar-refractivity contribution < 1.29 is 9.53 Å². The molecule has 1 aromatic carbocycles. The lowest BCUT2D eigenvalue weighted by Crippen LogP contribution is -2.35. The predicted molar refractivity (Wildman–Crippen MR) is 72.2 cm³/mol. The van der Waals surface area contributed by atoms with E-state index in [9.17, 15) is 4.79 Å². The van der Waals surface area contributed by atoms with Gasteiger partial charge in [0.2, 0.25) is 0 Å². The summed E-state index contributed by atoms with van der Waals surface area (Å²) in [6.07, 6.45) is 2.23. The van der Waals surface area contributed by atoms with E-state index in [0.29, 0.717) is 11.6 Å². The third kappa shape index (κ3) is 3.62. The molecule has 5 heteroatoms. The van der Waals surface area contributed by atoms with Crippen LogP contribution in [0.3, 0.4) is 0 Å². The first-order chi connectivity index (χ1) is 8.65. The summed E-state index contributed by atoms with van der Waals surface area (Å²) in [5.74, 6) is 0. The fourth-order valence-corrected chi connectivity index (χ4v) is 2.08. The molecule has 0 aromatic heterocycles. The van der Waals surface area contributed by atoms with Gasteiger partial charge in [0, 0.05) is 23.9 Å². The number of rotatable bonds is 3. The van der Waals surface area contributed by atoms with Gasteiger partial charge in [-0.15, -0.1) is 0 Å². The third-order valence-electron chi connectivity index (χ3n) is 2.96. The average molecular weight is 269 g/mol. The normalized spacial score (nSPS) is 18.7. The highest BCUT2D eigenvalue weighted by atomic mass is 35.5. The first-order valence-corrected chi connectivity index (χ1v) is 6.45. The molecule has 1 aliphatic rings. The van der Waals surface area contributed by atoms with Gasteiger partial charge in [-0.2, -0.15) is 0 Å². The standard InChI is InChI=1S/C13H17ClN2O2/c1-9-4-5-10(14)7-12(9)16-13(17)15-8-11-3-2-6-18-11/h4-5,7,11H,2-3,6,8H2,1H3,(H2,15,16,17)/t11-/m1/s1. The summed E-state index contributed by atoms with van der Waals surface area (Å²) in [6, 6.07) is 5.18. The number of urea groups is 1. The maximum absolute atomic E-state index is 11.7. The predicted octanol–water partition coefficient (Wildman–Crippen LogP) is 2.95. The highest BCUT2D eigenvalue weighted by Crippen LogP contribution is 2.20. The van der Waals surface area contributed by atoms with Crippen LogP contribution >= 0.6 is 11.6 Å². The maximum atomic E-state index is 11.7. The van der Waals surface area contributed by atoms with E-state index >= 15 is 0 Å². The lowest BCUT2D eigenvalue weighted by Gasteiger charge is -2.13. The van der Waals surface area contributed by atoms with Crippen LogP contribution in [0.15, 0.2) is 18.2 Å². The van der Waals surface area contributed by atoms with Crippen molar-refractivity contribution in [2.24, 2.45) is 0 Å². The third-order valence-corrected chi connectivity index (χ3v) is 3.20. The number of carbonyl (C=O) groups excluding carboxylic acids is 1. The minimum atomic E-state index is -0.226. The number of benzene rings is 1. The molecule has 2 rings (SSSR count). The Labute approximate surface area is 112 Å². The summed E-state index contributed by atoms with van der Waals surface area (Å²) < 4.78 is 5.43. The van der Waals surface area contributed by atoms with Crippen molar-refractivity contribution in [2.45, 2.75) is 25.9 Å². The van der Waals surface area contributed by atoms with Gasteiger partial charge in [-0.3, -0.25) is 0 Å². The van der Waals surface area contributed by atoms with Crippen LogP contribution in [0.25, 0.3) is 0 Å². The first kappa shape index (κ1) is 13.2. The van der Waals surface area contributed by atoms with E-state index in [4.69, 9.17) is 16.3 Å². The van der Waals surface area contributed by atoms with Crippen molar-refractivity contribution in [2.75, 3.05) is 18.5 Å². The number of hydrogen-bond acceptors (Lipinski definition) is 2. The highest BCUT2D eigenvalue weighted by Gasteiger charge is 2.16. The smallest absolute Gasteiger partial charge is 0.319 e. The Morgan fingerprint density at radius 1 is 1.56 bits per heavy atom. The van der Waals surface area contributed by atoms with Gasteiger partial charge < -0.3 is 15.4 Å². The summed E-state index contributed by atoms with van der Waals surface area (Å²) in [7, 11) is 0. The summed E-state index contributed by atoms with van der Waals surface area (Å²) in [5, 5.41) is 6.19. The quantitative estimate of drug-likeness (QED) is 0.886. The zero-order chi connectivity index (χ0) is 13.0. The molecule has 0 bridgehead atoms. The zero-order valence-electron chi connectivity index (χ0n) is 10.3. The van der Waals surface area contributed by atoms with Crippen LogP contribution in [0, 0.1) is 6.92 Å². The number of nitrogens with one attached hydrogen (secondary N) is 2. The molecule has 2 amide bonds. The Hall–Kier alpha value is -1.26. The molecule has 1 saturated heterocycles. The van der Waals surface area contributed by atoms with E-state index in [1.165, 1.54) is 0 Å². The van der Waals surface area contributed by atoms with Gasteiger partial charge in [-0.1, -0.05) is 17.7 Å². The van der Waals surface area contributed by atoms with Crippen LogP contribution in [-0.4, -0.2) is 25.3 Å². The number of carbonyl (C=O) groups is 1. The molecule has 1 heterocycles. The van der Waals surface area contributed by atoms with Crippen LogP contribution in [0.2, 0.25) is 5.02 Å². The Morgan fingerprint density at radius 3 is 3.11 bits per heavy atom. The van der Waals surface area contributed by atoms with Gasteiger partial charge >= 0.3 is 6.03 Å². The first-order valence-electron chi connectivity index (χ1n) is 6.08. The lowest BCUT2D eigenvalue weighted by molar-refractivity contribution is 0.112. The van der Waals surface area contributed by atoms with Gasteiger partial charge in [0.1, 0.15) is 0 Å². The Kier molecular flexibility index (Phi) is 4.44. The number of amides is 2. The molecule has 98 valence electrons. The molecule has 4 nitrogen and oxygen atoms in total. The Bertz CT molecular complexity index is 431. The fourth-order valence-electron chi connectivity index (χ4n) is 1.91. The molecule has 0 radical (unpaired) electrons. The number of aryl methyl sites for hydroxylation is 1. The molecule has 1 aliphatic heterocycles. The molecule has 1 fully saturated rings. The van der Waals surface area contributed by atoms with Gasteiger partial charge in [0.05, 0.1) is 6.10 Å². The van der Waals surface area contributed by atoms with Gasteiger partial charge in [0.15, 0.2) is 0 Å². The van der Waals surface area contributed by atoms with Crippen molar-refractivity contribution in [3.63, 3.8) is 0 Å². The van der Waals surface area contributed by atoms with Crippen LogP contribution in [0.1, 0.15) is 18.4 Å². The number of halogens is 1. The molecule has 0 unspecified atom stereocenters. The van der Waals surface area contributed by atoms with E-state index in [1.54, 1.807) is 12.1 Å². The van der Waals surface area contributed by atoms with Crippen molar-refractivity contribution in [3.8, 4) is 0 Å². The average Bonchev–Trinajstić information content (AvgIpc) is 2.84. The Morgan fingerprint density at radius 2 is 2.39 bits per heavy atom. The molecule has 1 aromatic rings. The summed E-state index contributed by atoms with van der Waals surface area (Å²) in [5.41, 5.74) is 1.71. The van der Waals surface area contributed by atoms with Gasteiger partial charge in [0.25, 0.3) is 0 Å². The van der Waals surface area contributed by atoms with Crippen LogP contribution in [-0.2, 0) is 4.74 Å². The highest BCUT2D eigenvalue weighted by molar-refractivity contribution is 6.31. The van der Waals surface area contributed by atoms with Crippen molar-refractivity contribution >= 4 is 23.3 Å². The van der Waals surface area contributed by atoms with Crippen molar-refractivity contribution in [1.82, 2.24) is 5.32 Å². The van der Waals surface area contributed by atoms with Crippen LogP contribution < -0.4 is 10.6 Å². The number of ether oxygens (including phenoxy) is 1. The second-order valence-electron chi connectivity index (χ2n) is 4.43. The molecule has 0 saturated carbocycles. The van der Waals surface area contributed by atoms with E-state index in [-0.39, 0.29) is 12.1 Å². The van der Waals surface area contributed by atoms with Gasteiger partial charge in [-0.25, -0.2) is 4.79 Å². The summed E-state index contributed by atoms with van der Waals surface area (Å²) >= 11 is 5.89. The monoisotopic (exact) mass is 268 g/mol. The van der Waals surface area contributed by atoms with Crippen LogP contribution in [0.4, 0.5) is 10.5 Å². The second-order valence-corrected chi connectivity index (χ2v) is 4.87. The SMILES string of the molecule is Cc1ccc(Cl)cc1NC(=O)NC[C@H]1CCCO1. The largest absolute Gasteiger partial charge is 0.376 e. The summed E-state index contributed by atoms with van der Waals surface area (Å²) in [4.78, 5) is 11.7. The molecule has 2 N–H and O–H groups in total. The summed E-state index contributed by atoms with van der Waals surface area (Å²) in [6.45, 7) is 3.26. The molecular weight excluding hydrogens is 252 g/mol. The molecule has 0 aliphatic carbocycles. The number of anilines is 1. The van der Waals surface area contributed by atoms with E-state index in [1.807, 2.05) is 13.0 Å². The lowest BCUT2D eigenvalue weighted by atomic mass is 10.2. The minimum absolute atomic E-state index is 0.149. The van der Waals surface area contributed by atoms with Crippen LogP contribution in [0.5, 0.6) is 0 Å². The topological polar surface area (TPSA) is 50.4 Å². The second kappa shape index (κ2) is 6.07. The molecular formula is C13H17ClN2O2. The fraction of sp³-hybridized carbons (Fsp3) is 0.462. The molecule has 0 spiro atoms. The minimum Gasteiger partial charge on any atom is -0.376 e. The maximum Gasteiger partial charge on any atom is 0.319 e. The van der Waals surface area contributed by atoms with E-state index < -0.39 is 0 Å². The number of hydrogen-bond donors (Lipinski definition) is 2. The molecule has 1 atom stereocenters. The van der Waals surface area contributed by atoms with E-state index in [2.05, 4.69) is 10.6 Å². The zero-order valence-corrected chi connectivity index (χ0v) is 11.1. The van der Waals surface area contributed by atoms with Gasteiger partial charge in [-0.05, 0) is 37.5 Å². The molecule has 18 heavy (non-hydrogen) atoms. The van der Waals surface area contributed by atoms with E-state index in [0.717, 1.165) is 30.7 Å². The van der Waals surface area contributed by atoms with Crippen molar-refractivity contribution in [1.29, 1.82) is 0 Å². The Balaban J connectivity index is 1.84. The van der Waals surface area contributed by atoms with Crippen molar-refractivity contribution in [3.05, 3.63) is 28.8 Å².